The summed E-state index contributed by atoms with van der Waals surface area (Å²) in [6, 6.07) is 10.7. The van der Waals surface area contributed by atoms with Gasteiger partial charge in [0.05, 0.1) is 17.5 Å². The monoisotopic (exact) mass is 460 g/mol. The Labute approximate surface area is 193 Å². The maximum Gasteiger partial charge on any atom is 0.261 e. The number of benzene rings is 2. The maximum atomic E-state index is 12.6. The average Bonchev–Trinajstić information content (AvgIpc) is 3.45. The van der Waals surface area contributed by atoms with Gasteiger partial charge in [-0.05, 0) is 43.2 Å². The second-order valence-corrected chi connectivity index (χ2v) is 9.11. The highest BCUT2D eigenvalue weighted by molar-refractivity contribution is 7.15. The zero-order chi connectivity index (χ0) is 23.1. The molecule has 0 saturated carbocycles. The van der Waals surface area contributed by atoms with Crippen molar-refractivity contribution in [1.82, 2.24) is 15.0 Å². The molecule has 5 rings (SSSR count). The van der Waals surface area contributed by atoms with Gasteiger partial charge in [-0.15, -0.1) is 11.3 Å². The van der Waals surface area contributed by atoms with Gasteiger partial charge in [-0.2, -0.15) is 0 Å². The van der Waals surface area contributed by atoms with Crippen LogP contribution in [0.25, 0.3) is 11.0 Å². The van der Waals surface area contributed by atoms with Gasteiger partial charge in [-0.3, -0.25) is 19.3 Å². The Morgan fingerprint density at radius 1 is 1.12 bits per heavy atom. The minimum Gasteiger partial charge on any atom is -0.356 e. The van der Waals surface area contributed by atoms with Crippen LogP contribution in [-0.4, -0.2) is 39.3 Å². The summed E-state index contributed by atoms with van der Waals surface area (Å²) in [5.41, 5.74) is 4.21. The molecule has 3 amide bonds. The molecule has 8 nitrogen and oxygen atoms in total. The van der Waals surface area contributed by atoms with Gasteiger partial charge in [0.1, 0.15) is 5.69 Å². The van der Waals surface area contributed by atoms with Gasteiger partial charge < -0.3 is 9.84 Å². The molecule has 4 aromatic rings. The summed E-state index contributed by atoms with van der Waals surface area (Å²) in [6.07, 6.45) is 2.18. The van der Waals surface area contributed by atoms with Crippen molar-refractivity contribution < 1.29 is 18.9 Å². The average molecular weight is 461 g/mol. The molecule has 0 unspecified atom stereocenters. The minimum atomic E-state index is -0.279. The Morgan fingerprint density at radius 2 is 1.85 bits per heavy atom. The fourth-order valence-electron chi connectivity index (χ4n) is 4.10. The number of anilines is 1. The highest BCUT2D eigenvalue weighted by Crippen LogP contribution is 2.26. The second kappa shape index (κ2) is 8.25. The lowest BCUT2D eigenvalue weighted by molar-refractivity contribution is -0.115. The van der Waals surface area contributed by atoms with Crippen molar-refractivity contribution in [1.29, 1.82) is 0 Å². The minimum absolute atomic E-state index is 0.0703. The highest BCUT2D eigenvalue weighted by Gasteiger charge is 2.34. The lowest BCUT2D eigenvalue weighted by atomic mass is 10.0. The van der Waals surface area contributed by atoms with Crippen LogP contribution in [-0.2, 0) is 17.6 Å². The van der Waals surface area contributed by atoms with Crippen LogP contribution in [0.1, 0.15) is 42.4 Å². The first-order valence-electron chi connectivity index (χ1n) is 10.5. The van der Waals surface area contributed by atoms with Gasteiger partial charge in [0.15, 0.2) is 10.7 Å². The number of rotatable bonds is 6. The third kappa shape index (κ3) is 3.91. The van der Waals surface area contributed by atoms with Gasteiger partial charge in [-0.1, -0.05) is 23.4 Å². The molecule has 1 aliphatic heterocycles. The van der Waals surface area contributed by atoms with E-state index in [0.717, 1.165) is 21.4 Å². The van der Waals surface area contributed by atoms with E-state index < -0.39 is 0 Å². The topological polar surface area (TPSA) is 105 Å². The van der Waals surface area contributed by atoms with Crippen LogP contribution in [0.3, 0.4) is 0 Å². The predicted octanol–water partition coefficient (Wildman–Crippen LogP) is 3.92. The predicted molar refractivity (Wildman–Crippen MR) is 123 cm³/mol. The van der Waals surface area contributed by atoms with Crippen LogP contribution in [0.4, 0.5) is 5.13 Å². The number of hydrogen-bond acceptors (Lipinski definition) is 7. The quantitative estimate of drug-likeness (QED) is 0.437. The molecular weight excluding hydrogens is 440 g/mol. The first-order valence-corrected chi connectivity index (χ1v) is 11.3. The van der Waals surface area contributed by atoms with Gasteiger partial charge in [0, 0.05) is 29.4 Å². The van der Waals surface area contributed by atoms with Crippen molar-refractivity contribution in [3.8, 4) is 0 Å². The van der Waals surface area contributed by atoms with E-state index in [2.05, 4.69) is 15.5 Å². The molecule has 0 aliphatic carbocycles. The van der Waals surface area contributed by atoms with Crippen molar-refractivity contribution in [2.24, 2.45) is 0 Å². The number of fused-ring (bicyclic) bond motifs is 2. The summed E-state index contributed by atoms with van der Waals surface area (Å²) < 4.78 is 5.38. The number of nitrogens with one attached hydrogen (secondary N) is 1. The van der Waals surface area contributed by atoms with Gasteiger partial charge in [-0.25, -0.2) is 4.98 Å². The number of nitrogens with zero attached hydrogens (tertiary/aromatic N) is 3. The fourth-order valence-corrected chi connectivity index (χ4v) is 4.92. The van der Waals surface area contributed by atoms with E-state index >= 15 is 0 Å². The van der Waals surface area contributed by atoms with Crippen LogP contribution in [0.5, 0.6) is 0 Å². The Balaban J connectivity index is 1.21. The van der Waals surface area contributed by atoms with E-state index in [9.17, 15) is 14.4 Å². The lowest BCUT2D eigenvalue weighted by Crippen LogP contribution is -2.31. The smallest absolute Gasteiger partial charge is 0.261 e. The number of aromatic nitrogens is 2. The zero-order valence-corrected chi connectivity index (χ0v) is 18.9. The van der Waals surface area contributed by atoms with E-state index in [1.807, 2.05) is 26.0 Å². The molecule has 0 radical (unpaired) electrons. The lowest BCUT2D eigenvalue weighted by Gasteiger charge is -2.12. The van der Waals surface area contributed by atoms with Crippen LogP contribution in [0, 0.1) is 13.8 Å². The summed E-state index contributed by atoms with van der Waals surface area (Å²) in [5, 5.41) is 8.18. The molecule has 0 atom stereocenters. The van der Waals surface area contributed by atoms with Gasteiger partial charge >= 0.3 is 0 Å². The van der Waals surface area contributed by atoms with Crippen molar-refractivity contribution in [3.63, 3.8) is 0 Å². The Morgan fingerprint density at radius 3 is 2.58 bits per heavy atom. The van der Waals surface area contributed by atoms with E-state index in [1.54, 1.807) is 30.5 Å². The molecule has 1 aliphatic rings. The molecular formula is C24H20N4O4S. The summed E-state index contributed by atoms with van der Waals surface area (Å²) in [7, 11) is 0. The number of amides is 3. The summed E-state index contributed by atoms with van der Waals surface area (Å²) in [6.45, 7) is 4.21. The van der Waals surface area contributed by atoms with Gasteiger partial charge in [0.25, 0.3) is 11.8 Å². The maximum absolute atomic E-state index is 12.6. The Kier molecular flexibility index (Phi) is 5.26. The van der Waals surface area contributed by atoms with E-state index in [1.165, 1.54) is 16.2 Å². The largest absolute Gasteiger partial charge is 0.356 e. The third-order valence-electron chi connectivity index (χ3n) is 5.57. The van der Waals surface area contributed by atoms with Crippen LogP contribution < -0.4 is 5.32 Å². The van der Waals surface area contributed by atoms with Crippen molar-refractivity contribution in [3.05, 3.63) is 75.4 Å². The fraction of sp³-hybridized carbons (Fsp3) is 0.208. The van der Waals surface area contributed by atoms with E-state index in [-0.39, 0.29) is 30.7 Å². The molecule has 2 aromatic heterocycles. The molecule has 0 bridgehead atoms. The van der Waals surface area contributed by atoms with Crippen LogP contribution in [0.2, 0.25) is 0 Å². The molecule has 9 heteroatoms. The van der Waals surface area contributed by atoms with Gasteiger partial charge in [0.2, 0.25) is 5.91 Å². The van der Waals surface area contributed by atoms with E-state index in [4.69, 9.17) is 4.52 Å². The number of thiazole rings is 1. The molecule has 1 N–H and O–H groups in total. The molecule has 2 aromatic carbocycles. The van der Waals surface area contributed by atoms with Crippen molar-refractivity contribution >= 4 is 45.2 Å². The molecule has 33 heavy (non-hydrogen) atoms. The third-order valence-corrected chi connectivity index (χ3v) is 6.55. The number of aryl methyl sites for hydroxylation is 2. The second-order valence-electron chi connectivity index (χ2n) is 8.00. The zero-order valence-electron chi connectivity index (χ0n) is 18.0. The number of imide groups is 1. The SMILES string of the molecule is Cc1cc(C)c2c(CC(=O)Nc3ncc(CCN4C(=O)c5ccccc5C4=O)s3)noc2c1. The van der Waals surface area contributed by atoms with Crippen LogP contribution in [0.15, 0.2) is 47.1 Å². The van der Waals surface area contributed by atoms with Crippen molar-refractivity contribution in [2.75, 3.05) is 11.9 Å². The molecule has 0 saturated heterocycles. The summed E-state index contributed by atoms with van der Waals surface area (Å²) in [4.78, 5) is 43.9. The van der Waals surface area contributed by atoms with E-state index in [0.29, 0.717) is 34.0 Å². The molecule has 0 fully saturated rings. The molecule has 3 heterocycles. The molecule has 0 spiro atoms. The normalized spacial score (nSPS) is 13.1. The summed E-state index contributed by atoms with van der Waals surface area (Å²) >= 11 is 1.32. The standard InChI is InChI=1S/C24H20N4O4S/c1-13-9-14(2)21-18(27-32-19(21)10-13)11-20(29)26-24-25-12-15(33-24)7-8-28-22(30)16-5-3-4-6-17(16)23(28)31/h3-6,9-10,12H,7-8,11H2,1-2H3,(H,25,26,29). The number of carbonyl (C=O) groups excluding carboxylic acids is 3. The molecule has 166 valence electrons. The first-order chi connectivity index (χ1) is 15.9. The summed E-state index contributed by atoms with van der Waals surface area (Å²) in [5.74, 6) is -0.802. The van der Waals surface area contributed by atoms with Crippen LogP contribution >= 0.6 is 11.3 Å². The number of hydrogen-bond donors (Lipinski definition) is 1. The highest BCUT2D eigenvalue weighted by atomic mass is 32.1. The first kappa shape index (κ1) is 21.0. The number of carbonyl (C=O) groups is 3. The van der Waals surface area contributed by atoms with Crippen molar-refractivity contribution in [2.45, 2.75) is 26.7 Å². The Bertz CT molecular complexity index is 1390. The Hall–Kier alpha value is -3.85.